The van der Waals surface area contributed by atoms with Crippen LogP contribution < -0.4 is 5.32 Å². The zero-order chi connectivity index (χ0) is 16.7. The lowest BCUT2D eigenvalue weighted by Crippen LogP contribution is -2.49. The average Bonchev–Trinajstić information content (AvgIpc) is 2.54. The Hall–Kier alpha value is -1.88. The Morgan fingerprint density at radius 1 is 1.09 bits per heavy atom. The van der Waals surface area contributed by atoms with Gasteiger partial charge in [-0.15, -0.1) is 0 Å². The Balaban J connectivity index is 1.73. The molecule has 0 aliphatic carbocycles. The van der Waals surface area contributed by atoms with Gasteiger partial charge in [0.05, 0.1) is 0 Å². The summed E-state index contributed by atoms with van der Waals surface area (Å²) in [7, 11) is 0. The first kappa shape index (κ1) is 17.5. The normalized spacial score (nSPS) is 15.5. The van der Waals surface area contributed by atoms with Crippen LogP contribution in [0.25, 0.3) is 0 Å². The molecule has 0 unspecified atom stereocenters. The Bertz CT molecular complexity index is 520. The molecule has 0 bridgehead atoms. The van der Waals surface area contributed by atoms with Crippen molar-refractivity contribution in [2.75, 3.05) is 38.0 Å². The van der Waals surface area contributed by atoms with Crippen molar-refractivity contribution in [3.05, 3.63) is 29.8 Å². The van der Waals surface area contributed by atoms with Gasteiger partial charge in [0.25, 0.3) is 0 Å². The first-order chi connectivity index (χ1) is 11.1. The van der Waals surface area contributed by atoms with E-state index in [0.717, 1.165) is 51.3 Å². The lowest BCUT2D eigenvalue weighted by Gasteiger charge is -2.34. The van der Waals surface area contributed by atoms with Crippen molar-refractivity contribution in [2.45, 2.75) is 33.1 Å². The predicted octanol–water partition coefficient (Wildman–Crippen LogP) is 2.13. The van der Waals surface area contributed by atoms with E-state index in [0.29, 0.717) is 12.3 Å². The summed E-state index contributed by atoms with van der Waals surface area (Å²) in [6.07, 6.45) is 2.58. The fourth-order valence-corrected chi connectivity index (χ4v) is 2.84. The Morgan fingerprint density at radius 2 is 1.74 bits per heavy atom. The number of benzene rings is 1. The van der Waals surface area contributed by atoms with Crippen LogP contribution >= 0.6 is 0 Å². The first-order valence-corrected chi connectivity index (χ1v) is 8.45. The van der Waals surface area contributed by atoms with E-state index >= 15 is 0 Å². The number of nitrogens with zero attached hydrogens (tertiary/aromatic N) is 2. The number of hydrogen-bond donors (Lipinski definition) is 1. The minimum atomic E-state index is -0.0479. The molecule has 0 atom stereocenters. The topological polar surface area (TPSA) is 52.7 Å². The lowest BCUT2D eigenvalue weighted by atomic mass is 10.1. The third kappa shape index (κ3) is 5.67. The van der Waals surface area contributed by atoms with Crippen LogP contribution in [0, 0.1) is 0 Å². The summed E-state index contributed by atoms with van der Waals surface area (Å²) in [6, 6.07) is 8.01. The molecule has 2 rings (SSSR count). The number of hydrogen-bond acceptors (Lipinski definition) is 3. The zero-order valence-electron chi connectivity index (χ0n) is 14.2. The van der Waals surface area contributed by atoms with Crippen LogP contribution in [0.15, 0.2) is 24.3 Å². The van der Waals surface area contributed by atoms with Gasteiger partial charge >= 0.3 is 0 Å². The molecule has 0 saturated carbocycles. The average molecular weight is 317 g/mol. The molecule has 2 amide bonds. The second-order valence-electron chi connectivity index (χ2n) is 6.10. The van der Waals surface area contributed by atoms with Crippen molar-refractivity contribution in [1.29, 1.82) is 0 Å². The maximum Gasteiger partial charge on any atom is 0.222 e. The molecule has 5 nitrogen and oxygen atoms in total. The molecule has 1 aliphatic heterocycles. The second-order valence-corrected chi connectivity index (χ2v) is 6.10. The fourth-order valence-electron chi connectivity index (χ4n) is 2.84. The molecule has 0 radical (unpaired) electrons. The molecule has 1 aromatic rings. The standard InChI is InChI=1S/C18H27N3O2/c1-3-4-18(23)21-13-11-20(12-14-21)10-9-16-5-7-17(8-6-16)19-15(2)22/h5-8H,3-4,9-14H2,1-2H3,(H,19,22). The van der Waals surface area contributed by atoms with Crippen molar-refractivity contribution in [2.24, 2.45) is 0 Å². The van der Waals surface area contributed by atoms with Gasteiger partial charge in [-0.3, -0.25) is 14.5 Å². The Kier molecular flexibility index (Phi) is 6.59. The summed E-state index contributed by atoms with van der Waals surface area (Å²) >= 11 is 0. The maximum atomic E-state index is 11.9. The third-order valence-electron chi connectivity index (χ3n) is 4.18. The predicted molar refractivity (Wildman–Crippen MR) is 92.4 cm³/mol. The van der Waals surface area contributed by atoms with E-state index in [2.05, 4.69) is 22.3 Å². The van der Waals surface area contributed by atoms with Gasteiger partial charge in [0.1, 0.15) is 0 Å². The number of rotatable bonds is 6. The number of anilines is 1. The van der Waals surface area contributed by atoms with Crippen molar-refractivity contribution in [1.82, 2.24) is 9.80 Å². The molecule has 0 spiro atoms. The number of carbonyl (C=O) groups is 2. The van der Waals surface area contributed by atoms with Crippen LogP contribution in [0.1, 0.15) is 32.3 Å². The van der Waals surface area contributed by atoms with Gasteiger partial charge in [0, 0.05) is 51.8 Å². The van der Waals surface area contributed by atoms with Gasteiger partial charge < -0.3 is 10.2 Å². The van der Waals surface area contributed by atoms with Gasteiger partial charge in [-0.25, -0.2) is 0 Å². The SMILES string of the molecule is CCCC(=O)N1CCN(CCc2ccc(NC(C)=O)cc2)CC1. The molecule has 1 aliphatic rings. The van der Waals surface area contributed by atoms with Crippen LogP contribution in [-0.4, -0.2) is 54.3 Å². The number of nitrogens with one attached hydrogen (secondary N) is 1. The van der Waals surface area contributed by atoms with Gasteiger partial charge in [0.2, 0.25) is 11.8 Å². The molecule has 1 fully saturated rings. The van der Waals surface area contributed by atoms with Crippen LogP contribution in [0.2, 0.25) is 0 Å². The summed E-state index contributed by atoms with van der Waals surface area (Å²) in [5.74, 6) is 0.244. The van der Waals surface area contributed by atoms with Gasteiger partial charge in [-0.05, 0) is 30.5 Å². The van der Waals surface area contributed by atoms with Crippen LogP contribution in [0.4, 0.5) is 5.69 Å². The quantitative estimate of drug-likeness (QED) is 0.874. The maximum absolute atomic E-state index is 11.9. The highest BCUT2D eigenvalue weighted by Gasteiger charge is 2.19. The van der Waals surface area contributed by atoms with E-state index in [1.807, 2.05) is 24.0 Å². The molecule has 126 valence electrons. The molecule has 5 heteroatoms. The van der Waals surface area contributed by atoms with E-state index < -0.39 is 0 Å². The Morgan fingerprint density at radius 3 is 2.30 bits per heavy atom. The Labute approximate surface area is 138 Å². The van der Waals surface area contributed by atoms with Crippen molar-refractivity contribution >= 4 is 17.5 Å². The monoisotopic (exact) mass is 317 g/mol. The van der Waals surface area contributed by atoms with Gasteiger partial charge in [-0.2, -0.15) is 0 Å². The zero-order valence-corrected chi connectivity index (χ0v) is 14.2. The highest BCUT2D eigenvalue weighted by molar-refractivity contribution is 5.88. The van der Waals surface area contributed by atoms with E-state index in [9.17, 15) is 9.59 Å². The highest BCUT2D eigenvalue weighted by Crippen LogP contribution is 2.11. The van der Waals surface area contributed by atoms with Crippen LogP contribution in [0.5, 0.6) is 0 Å². The minimum Gasteiger partial charge on any atom is -0.340 e. The van der Waals surface area contributed by atoms with Crippen LogP contribution in [0.3, 0.4) is 0 Å². The molecule has 1 N–H and O–H groups in total. The van der Waals surface area contributed by atoms with E-state index in [1.54, 1.807) is 0 Å². The number of amides is 2. The molecule has 23 heavy (non-hydrogen) atoms. The molecular formula is C18H27N3O2. The number of carbonyl (C=O) groups excluding carboxylic acids is 2. The summed E-state index contributed by atoms with van der Waals surface area (Å²) in [6.45, 7) is 8.18. The van der Waals surface area contributed by atoms with Gasteiger partial charge in [-0.1, -0.05) is 19.1 Å². The van der Waals surface area contributed by atoms with E-state index in [-0.39, 0.29) is 5.91 Å². The molecule has 1 heterocycles. The summed E-state index contributed by atoms with van der Waals surface area (Å²) in [5, 5.41) is 2.78. The second kappa shape index (κ2) is 8.67. The molecule has 0 aromatic heterocycles. The summed E-state index contributed by atoms with van der Waals surface area (Å²) < 4.78 is 0. The first-order valence-electron chi connectivity index (χ1n) is 8.45. The highest BCUT2D eigenvalue weighted by atomic mass is 16.2. The fraction of sp³-hybridized carbons (Fsp3) is 0.556. The van der Waals surface area contributed by atoms with Gasteiger partial charge in [0.15, 0.2) is 0 Å². The summed E-state index contributed by atoms with van der Waals surface area (Å²) in [5.41, 5.74) is 2.10. The van der Waals surface area contributed by atoms with Crippen molar-refractivity contribution < 1.29 is 9.59 Å². The van der Waals surface area contributed by atoms with Crippen molar-refractivity contribution in [3.8, 4) is 0 Å². The third-order valence-corrected chi connectivity index (χ3v) is 4.18. The largest absolute Gasteiger partial charge is 0.340 e. The molecular weight excluding hydrogens is 290 g/mol. The minimum absolute atomic E-state index is 0.0479. The molecule has 1 saturated heterocycles. The smallest absolute Gasteiger partial charge is 0.222 e. The van der Waals surface area contributed by atoms with E-state index in [1.165, 1.54) is 12.5 Å². The number of piperazine rings is 1. The van der Waals surface area contributed by atoms with Crippen LogP contribution in [-0.2, 0) is 16.0 Å². The van der Waals surface area contributed by atoms with E-state index in [4.69, 9.17) is 0 Å². The van der Waals surface area contributed by atoms with Crippen molar-refractivity contribution in [3.63, 3.8) is 0 Å². The lowest BCUT2D eigenvalue weighted by molar-refractivity contribution is -0.133. The summed E-state index contributed by atoms with van der Waals surface area (Å²) in [4.78, 5) is 27.3. The molecule has 1 aromatic carbocycles.